The van der Waals surface area contributed by atoms with Crippen LogP contribution >= 0.6 is 23.5 Å². The summed E-state index contributed by atoms with van der Waals surface area (Å²) in [7, 11) is -2.76. The Kier molecular flexibility index (Phi) is 4.88. The third kappa shape index (κ3) is 4.13. The van der Waals surface area contributed by atoms with Crippen molar-refractivity contribution in [1.82, 2.24) is 5.32 Å². The van der Waals surface area contributed by atoms with Gasteiger partial charge in [-0.3, -0.25) is 0 Å². The largest absolute Gasteiger partial charge is 0.312 e. The molecular weight excluding hydrogens is 262 g/mol. The Hall–Kier alpha value is 0.610. The van der Waals surface area contributed by atoms with Crippen LogP contribution in [-0.4, -0.2) is 55.0 Å². The van der Waals surface area contributed by atoms with E-state index in [0.717, 1.165) is 19.4 Å². The second-order valence-electron chi connectivity index (χ2n) is 4.43. The van der Waals surface area contributed by atoms with Crippen LogP contribution in [0.25, 0.3) is 0 Å². The van der Waals surface area contributed by atoms with Gasteiger partial charge in [-0.25, -0.2) is 8.42 Å². The van der Waals surface area contributed by atoms with Crippen molar-refractivity contribution in [1.29, 1.82) is 0 Å². The molecule has 2 fully saturated rings. The summed E-state index contributed by atoms with van der Waals surface area (Å²) in [5, 5.41) is 4.10. The lowest BCUT2D eigenvalue weighted by molar-refractivity contribution is 0.483. The first-order chi connectivity index (χ1) is 7.66. The summed E-state index contributed by atoms with van der Waals surface area (Å²) in [4.78, 5) is 0. The molecule has 0 aromatic rings. The van der Waals surface area contributed by atoms with E-state index in [1.807, 2.05) is 23.5 Å². The molecule has 2 atom stereocenters. The standard InChI is InChI=1S/C10H19NO2S3/c12-16(13)5-1-2-9(8-16)11-6-10-7-14-3-4-15-10/h9-11H,1-8H2. The molecule has 0 amide bonds. The Morgan fingerprint density at radius 3 is 2.88 bits per heavy atom. The lowest BCUT2D eigenvalue weighted by atomic mass is 10.2. The van der Waals surface area contributed by atoms with Crippen LogP contribution in [0.4, 0.5) is 0 Å². The molecular formula is C10H19NO2S3. The fraction of sp³-hybridized carbons (Fsp3) is 1.00. The average molecular weight is 281 g/mol. The highest BCUT2D eigenvalue weighted by Crippen LogP contribution is 2.23. The molecule has 0 aromatic heterocycles. The van der Waals surface area contributed by atoms with E-state index < -0.39 is 9.84 Å². The second-order valence-corrected chi connectivity index (χ2v) is 9.22. The minimum Gasteiger partial charge on any atom is -0.312 e. The normalized spacial score (nSPS) is 34.8. The average Bonchev–Trinajstić information content (AvgIpc) is 2.27. The van der Waals surface area contributed by atoms with Crippen molar-refractivity contribution in [3.05, 3.63) is 0 Å². The van der Waals surface area contributed by atoms with Gasteiger partial charge in [0.2, 0.25) is 0 Å². The molecule has 2 unspecified atom stereocenters. The second kappa shape index (κ2) is 5.98. The Balaban J connectivity index is 1.72. The molecule has 2 aliphatic heterocycles. The minimum atomic E-state index is -2.76. The van der Waals surface area contributed by atoms with Gasteiger partial charge in [0, 0.05) is 35.1 Å². The zero-order valence-corrected chi connectivity index (χ0v) is 11.8. The lowest BCUT2D eigenvalue weighted by Gasteiger charge is -2.27. The van der Waals surface area contributed by atoms with Crippen LogP contribution in [0.2, 0.25) is 0 Å². The molecule has 1 N–H and O–H groups in total. The monoisotopic (exact) mass is 281 g/mol. The van der Waals surface area contributed by atoms with Crippen LogP contribution < -0.4 is 5.32 Å². The minimum absolute atomic E-state index is 0.200. The molecule has 0 aliphatic carbocycles. The molecule has 0 aromatic carbocycles. The topological polar surface area (TPSA) is 46.2 Å². The van der Waals surface area contributed by atoms with Crippen molar-refractivity contribution < 1.29 is 8.42 Å². The highest BCUT2D eigenvalue weighted by atomic mass is 32.2. The quantitative estimate of drug-likeness (QED) is 0.836. The van der Waals surface area contributed by atoms with Gasteiger partial charge in [0.05, 0.1) is 11.5 Å². The molecule has 0 bridgehead atoms. The number of sulfone groups is 1. The Bertz CT molecular complexity index is 312. The van der Waals surface area contributed by atoms with Gasteiger partial charge in [0.25, 0.3) is 0 Å². The summed E-state index contributed by atoms with van der Waals surface area (Å²) >= 11 is 4.03. The van der Waals surface area contributed by atoms with Crippen LogP contribution in [0.15, 0.2) is 0 Å². The molecule has 3 nitrogen and oxygen atoms in total. The van der Waals surface area contributed by atoms with Crippen molar-refractivity contribution in [3.8, 4) is 0 Å². The molecule has 2 heterocycles. The zero-order valence-electron chi connectivity index (χ0n) is 9.35. The first-order valence-corrected chi connectivity index (χ1v) is 9.81. The van der Waals surface area contributed by atoms with Gasteiger partial charge >= 0.3 is 0 Å². The first kappa shape index (κ1) is 13.1. The summed E-state index contributed by atoms with van der Waals surface area (Å²) in [6.45, 7) is 0.970. The van der Waals surface area contributed by atoms with E-state index in [1.54, 1.807) is 0 Å². The summed E-state index contributed by atoms with van der Waals surface area (Å²) in [5.74, 6) is 4.44. The van der Waals surface area contributed by atoms with Crippen LogP contribution in [0.3, 0.4) is 0 Å². The third-order valence-electron chi connectivity index (χ3n) is 2.98. The van der Waals surface area contributed by atoms with Crippen molar-refractivity contribution in [2.24, 2.45) is 0 Å². The molecule has 94 valence electrons. The zero-order chi connectivity index (χ0) is 11.4. The van der Waals surface area contributed by atoms with E-state index in [0.29, 0.717) is 16.8 Å². The summed E-state index contributed by atoms with van der Waals surface area (Å²) < 4.78 is 22.9. The molecule has 6 heteroatoms. The Labute approximate surface area is 106 Å². The molecule has 0 spiro atoms. The third-order valence-corrected chi connectivity index (χ3v) is 7.65. The summed E-state index contributed by atoms with van der Waals surface area (Å²) in [6, 6.07) is 0.200. The number of nitrogens with one attached hydrogen (secondary N) is 1. The van der Waals surface area contributed by atoms with Crippen LogP contribution in [0.1, 0.15) is 12.8 Å². The van der Waals surface area contributed by atoms with E-state index in [2.05, 4.69) is 5.32 Å². The maximum atomic E-state index is 11.5. The predicted molar refractivity (Wildman–Crippen MR) is 73.2 cm³/mol. The SMILES string of the molecule is O=S1(=O)CCCC(NCC2CSCCS2)C1. The highest BCUT2D eigenvalue weighted by molar-refractivity contribution is 8.06. The Morgan fingerprint density at radius 1 is 1.31 bits per heavy atom. The lowest BCUT2D eigenvalue weighted by Crippen LogP contribution is -2.43. The van der Waals surface area contributed by atoms with Gasteiger partial charge < -0.3 is 5.32 Å². The van der Waals surface area contributed by atoms with Crippen molar-refractivity contribution in [2.75, 3.05) is 35.3 Å². The van der Waals surface area contributed by atoms with E-state index in [9.17, 15) is 8.42 Å². The Morgan fingerprint density at radius 2 is 2.19 bits per heavy atom. The van der Waals surface area contributed by atoms with Crippen LogP contribution in [0, 0.1) is 0 Å². The van der Waals surface area contributed by atoms with Gasteiger partial charge in [0.15, 0.2) is 9.84 Å². The van der Waals surface area contributed by atoms with Crippen LogP contribution in [0.5, 0.6) is 0 Å². The molecule has 0 saturated carbocycles. The fourth-order valence-electron chi connectivity index (χ4n) is 2.14. The number of thioether (sulfide) groups is 2. The van der Waals surface area contributed by atoms with Gasteiger partial charge in [-0.15, -0.1) is 0 Å². The maximum absolute atomic E-state index is 11.5. The van der Waals surface area contributed by atoms with Gasteiger partial charge in [-0.05, 0) is 12.8 Å². The highest BCUT2D eigenvalue weighted by Gasteiger charge is 2.25. The first-order valence-electron chi connectivity index (χ1n) is 5.79. The molecule has 0 radical (unpaired) electrons. The molecule has 2 aliphatic rings. The van der Waals surface area contributed by atoms with Gasteiger partial charge in [-0.1, -0.05) is 0 Å². The van der Waals surface area contributed by atoms with Gasteiger partial charge in [-0.2, -0.15) is 23.5 Å². The number of hydrogen-bond donors (Lipinski definition) is 1. The maximum Gasteiger partial charge on any atom is 0.151 e. The van der Waals surface area contributed by atoms with Crippen molar-refractivity contribution in [3.63, 3.8) is 0 Å². The number of rotatable bonds is 3. The number of hydrogen-bond acceptors (Lipinski definition) is 5. The van der Waals surface area contributed by atoms with E-state index >= 15 is 0 Å². The molecule has 2 rings (SSSR count). The van der Waals surface area contributed by atoms with Crippen LogP contribution in [-0.2, 0) is 9.84 Å². The van der Waals surface area contributed by atoms with Gasteiger partial charge in [0.1, 0.15) is 0 Å². The molecule has 2 saturated heterocycles. The smallest absolute Gasteiger partial charge is 0.151 e. The fourth-order valence-corrected chi connectivity index (χ4v) is 6.43. The van der Waals surface area contributed by atoms with E-state index in [1.165, 1.54) is 17.3 Å². The van der Waals surface area contributed by atoms with E-state index in [4.69, 9.17) is 0 Å². The van der Waals surface area contributed by atoms with E-state index in [-0.39, 0.29) is 6.04 Å². The molecule has 16 heavy (non-hydrogen) atoms. The van der Waals surface area contributed by atoms with Crippen molar-refractivity contribution >= 4 is 33.4 Å². The summed E-state index contributed by atoms with van der Waals surface area (Å²) in [5.41, 5.74) is 0. The predicted octanol–water partition coefficient (Wildman–Crippen LogP) is 1.00. The summed E-state index contributed by atoms with van der Waals surface area (Å²) in [6.07, 6.45) is 1.84. The van der Waals surface area contributed by atoms with Crippen molar-refractivity contribution in [2.45, 2.75) is 24.1 Å².